The molecule has 5 nitrogen and oxygen atoms in total. The van der Waals surface area contributed by atoms with Crippen LogP contribution in [-0.2, 0) is 13.0 Å². The Kier molecular flexibility index (Phi) is 9.01. The molecule has 0 spiro atoms. The SMILES string of the molecule is Cc1cccc(C)c1OCCCn1c(CCCCCNC(=O)c2cccc(Cl)c2)nc2ccccc21. The van der Waals surface area contributed by atoms with Crippen LogP contribution in [0.2, 0.25) is 5.02 Å². The largest absolute Gasteiger partial charge is 0.493 e. The smallest absolute Gasteiger partial charge is 0.251 e. The van der Waals surface area contributed by atoms with Crippen LogP contribution in [0.5, 0.6) is 5.75 Å². The highest BCUT2D eigenvalue weighted by atomic mass is 35.5. The summed E-state index contributed by atoms with van der Waals surface area (Å²) in [4.78, 5) is 17.2. The molecular formula is C30H34ClN3O2. The van der Waals surface area contributed by atoms with E-state index < -0.39 is 0 Å². The zero-order valence-corrected chi connectivity index (χ0v) is 21.9. The fourth-order valence-electron chi connectivity index (χ4n) is 4.51. The summed E-state index contributed by atoms with van der Waals surface area (Å²) in [6.07, 6.45) is 4.80. The number of fused-ring (bicyclic) bond motifs is 1. The molecule has 4 rings (SSSR count). The maximum atomic E-state index is 12.3. The lowest BCUT2D eigenvalue weighted by molar-refractivity contribution is 0.0953. The minimum Gasteiger partial charge on any atom is -0.493 e. The van der Waals surface area contributed by atoms with Gasteiger partial charge >= 0.3 is 0 Å². The Morgan fingerprint density at radius 1 is 0.944 bits per heavy atom. The molecule has 0 fully saturated rings. The molecule has 3 aromatic carbocycles. The highest BCUT2D eigenvalue weighted by Gasteiger charge is 2.11. The van der Waals surface area contributed by atoms with Gasteiger partial charge in [0.05, 0.1) is 17.6 Å². The van der Waals surface area contributed by atoms with E-state index in [-0.39, 0.29) is 5.91 Å². The van der Waals surface area contributed by atoms with E-state index in [1.54, 1.807) is 24.3 Å². The number of unbranched alkanes of at least 4 members (excludes halogenated alkanes) is 2. The third-order valence-electron chi connectivity index (χ3n) is 6.36. The normalized spacial score (nSPS) is 11.1. The second-order valence-electron chi connectivity index (χ2n) is 9.17. The number of benzene rings is 3. The van der Waals surface area contributed by atoms with Crippen molar-refractivity contribution in [3.63, 3.8) is 0 Å². The molecule has 0 aliphatic heterocycles. The molecule has 6 heteroatoms. The number of ether oxygens (including phenoxy) is 1. The van der Waals surface area contributed by atoms with Gasteiger partial charge in [0.1, 0.15) is 11.6 Å². The third-order valence-corrected chi connectivity index (χ3v) is 6.60. The number of rotatable bonds is 12. The lowest BCUT2D eigenvalue weighted by Crippen LogP contribution is -2.24. The predicted molar refractivity (Wildman–Crippen MR) is 147 cm³/mol. The number of hydrogen-bond donors (Lipinski definition) is 1. The van der Waals surface area contributed by atoms with Crippen molar-refractivity contribution in [1.29, 1.82) is 0 Å². The number of aromatic nitrogens is 2. The number of amides is 1. The van der Waals surface area contributed by atoms with Gasteiger partial charge in [-0.25, -0.2) is 4.98 Å². The van der Waals surface area contributed by atoms with E-state index in [1.165, 1.54) is 16.6 Å². The van der Waals surface area contributed by atoms with Crippen LogP contribution in [0.25, 0.3) is 11.0 Å². The number of carbonyl (C=O) groups excluding carboxylic acids is 1. The minimum absolute atomic E-state index is 0.0811. The van der Waals surface area contributed by atoms with E-state index in [0.29, 0.717) is 23.7 Å². The molecule has 1 aromatic heterocycles. The second-order valence-corrected chi connectivity index (χ2v) is 9.60. The summed E-state index contributed by atoms with van der Waals surface area (Å²) in [5, 5.41) is 3.55. The van der Waals surface area contributed by atoms with Crippen molar-refractivity contribution in [1.82, 2.24) is 14.9 Å². The van der Waals surface area contributed by atoms with Crippen LogP contribution < -0.4 is 10.1 Å². The van der Waals surface area contributed by atoms with Crippen LogP contribution in [0.3, 0.4) is 0 Å². The minimum atomic E-state index is -0.0811. The standard InChI is InChI=1S/C30H34ClN3O2/c1-22-11-8-12-23(2)29(22)36-20-10-19-34-27-16-6-5-15-26(27)33-28(34)17-4-3-7-18-32-30(35)24-13-9-14-25(31)21-24/h5-6,8-9,11-16,21H,3-4,7,10,17-20H2,1-2H3,(H,32,35). The Balaban J connectivity index is 1.26. The van der Waals surface area contributed by atoms with E-state index in [2.05, 4.69) is 60.1 Å². The van der Waals surface area contributed by atoms with E-state index in [4.69, 9.17) is 21.3 Å². The van der Waals surface area contributed by atoms with Gasteiger partial charge in [0, 0.05) is 30.1 Å². The van der Waals surface area contributed by atoms with Crippen LogP contribution in [-0.4, -0.2) is 28.6 Å². The summed E-state index contributed by atoms with van der Waals surface area (Å²) < 4.78 is 8.46. The van der Waals surface area contributed by atoms with Crippen LogP contribution >= 0.6 is 11.6 Å². The molecule has 0 unspecified atom stereocenters. The zero-order valence-electron chi connectivity index (χ0n) is 21.1. The summed E-state index contributed by atoms with van der Waals surface area (Å²) in [5.41, 5.74) is 5.16. The van der Waals surface area contributed by atoms with Crippen molar-refractivity contribution in [2.75, 3.05) is 13.2 Å². The van der Waals surface area contributed by atoms with Crippen molar-refractivity contribution >= 4 is 28.5 Å². The zero-order chi connectivity index (χ0) is 25.3. The summed E-state index contributed by atoms with van der Waals surface area (Å²) in [7, 11) is 0. The van der Waals surface area contributed by atoms with Crippen LogP contribution in [0.1, 0.15) is 53.0 Å². The predicted octanol–water partition coefficient (Wildman–Crippen LogP) is 6.92. The first-order valence-electron chi connectivity index (χ1n) is 12.7. The van der Waals surface area contributed by atoms with Gasteiger partial charge in [-0.15, -0.1) is 0 Å². The van der Waals surface area contributed by atoms with E-state index in [1.807, 2.05) is 6.07 Å². The van der Waals surface area contributed by atoms with Gasteiger partial charge in [-0.05, 0) is 74.6 Å². The topological polar surface area (TPSA) is 56.1 Å². The molecule has 0 bridgehead atoms. The first-order valence-corrected chi connectivity index (χ1v) is 13.1. The van der Waals surface area contributed by atoms with Crippen molar-refractivity contribution in [2.45, 2.75) is 52.5 Å². The first kappa shape index (κ1) is 25.8. The van der Waals surface area contributed by atoms with Crippen molar-refractivity contribution in [3.8, 4) is 5.75 Å². The fraction of sp³-hybridized carbons (Fsp3) is 0.333. The molecule has 0 radical (unpaired) electrons. The molecule has 1 amide bonds. The summed E-state index contributed by atoms with van der Waals surface area (Å²) in [6.45, 7) is 6.37. The second kappa shape index (κ2) is 12.6. The number of nitrogens with zero attached hydrogens (tertiary/aromatic N) is 2. The molecule has 0 atom stereocenters. The fourth-order valence-corrected chi connectivity index (χ4v) is 4.70. The number of aryl methyl sites for hydroxylation is 4. The third kappa shape index (κ3) is 6.67. The quantitative estimate of drug-likeness (QED) is 0.213. The lowest BCUT2D eigenvalue weighted by atomic mass is 10.1. The Morgan fingerprint density at radius 3 is 2.53 bits per heavy atom. The van der Waals surface area contributed by atoms with E-state index >= 15 is 0 Å². The molecule has 0 saturated carbocycles. The molecular weight excluding hydrogens is 470 g/mol. The number of hydrogen-bond acceptors (Lipinski definition) is 3. The van der Waals surface area contributed by atoms with Crippen molar-refractivity contribution in [3.05, 3.63) is 94.3 Å². The Hall–Kier alpha value is -3.31. The number of nitrogens with one attached hydrogen (secondary N) is 1. The Bertz CT molecular complexity index is 1290. The van der Waals surface area contributed by atoms with Crippen LogP contribution in [0, 0.1) is 13.8 Å². The average molecular weight is 504 g/mol. The van der Waals surface area contributed by atoms with Crippen LogP contribution in [0.15, 0.2) is 66.7 Å². The highest BCUT2D eigenvalue weighted by molar-refractivity contribution is 6.30. The average Bonchev–Trinajstić information content (AvgIpc) is 3.22. The van der Waals surface area contributed by atoms with Crippen LogP contribution in [0.4, 0.5) is 0 Å². The van der Waals surface area contributed by atoms with Gasteiger partial charge < -0.3 is 14.6 Å². The molecule has 36 heavy (non-hydrogen) atoms. The number of carbonyl (C=O) groups is 1. The van der Waals surface area contributed by atoms with Gasteiger partial charge in [-0.1, -0.05) is 54.4 Å². The molecule has 0 aliphatic carbocycles. The molecule has 1 heterocycles. The highest BCUT2D eigenvalue weighted by Crippen LogP contribution is 2.23. The Morgan fingerprint density at radius 2 is 1.72 bits per heavy atom. The first-order chi connectivity index (χ1) is 17.5. The van der Waals surface area contributed by atoms with Gasteiger partial charge in [0.2, 0.25) is 0 Å². The molecule has 0 saturated heterocycles. The van der Waals surface area contributed by atoms with Crippen molar-refractivity contribution < 1.29 is 9.53 Å². The summed E-state index contributed by atoms with van der Waals surface area (Å²) in [5.74, 6) is 2.03. The van der Waals surface area contributed by atoms with E-state index in [9.17, 15) is 4.79 Å². The lowest BCUT2D eigenvalue weighted by Gasteiger charge is -2.13. The molecule has 0 aliphatic rings. The number of imidazole rings is 1. The Labute approximate surface area is 218 Å². The summed E-state index contributed by atoms with van der Waals surface area (Å²) >= 11 is 5.98. The maximum Gasteiger partial charge on any atom is 0.251 e. The van der Waals surface area contributed by atoms with Crippen molar-refractivity contribution in [2.24, 2.45) is 0 Å². The van der Waals surface area contributed by atoms with Gasteiger partial charge in [0.15, 0.2) is 0 Å². The van der Waals surface area contributed by atoms with Gasteiger partial charge in [-0.3, -0.25) is 4.79 Å². The molecule has 1 N–H and O–H groups in total. The van der Waals surface area contributed by atoms with Gasteiger partial charge in [0.25, 0.3) is 5.91 Å². The molecule has 188 valence electrons. The maximum absolute atomic E-state index is 12.3. The van der Waals surface area contributed by atoms with E-state index in [0.717, 1.165) is 55.7 Å². The monoisotopic (exact) mass is 503 g/mol. The number of para-hydroxylation sites is 3. The summed E-state index contributed by atoms with van der Waals surface area (Å²) in [6, 6.07) is 21.6. The molecule has 4 aromatic rings. The number of halogens is 1. The van der Waals surface area contributed by atoms with Gasteiger partial charge in [-0.2, -0.15) is 0 Å².